The average Bonchev–Trinajstić information content (AvgIpc) is 3.70. The standard InChI is InChI=1S/C31H29ClN6S2/c1-20-13-17-36(18-14-20)25-12-11-21(19-22(25)32)38-29(28(35-30(38)39)24-8-4-5-15-33-24)26-9-6-16-37(26)31-34-23-7-2-3-10-27(23)40-31/h2-12,15-16,19-20,28-29H,13-14,17-18H2,1H3,(H,35,39)/t28-,29+/m0/s1. The molecule has 6 nitrogen and oxygen atoms in total. The molecule has 2 atom stereocenters. The normalized spacial score (nSPS) is 19.9. The third-order valence-corrected chi connectivity index (χ3v) is 9.66. The van der Waals surface area contributed by atoms with E-state index >= 15 is 0 Å². The number of piperidine rings is 1. The molecule has 202 valence electrons. The maximum atomic E-state index is 6.97. The van der Waals surface area contributed by atoms with Crippen LogP contribution in [0, 0.1) is 5.92 Å². The molecule has 5 aromatic rings. The smallest absolute Gasteiger partial charge is 0.194 e. The molecule has 0 saturated carbocycles. The third kappa shape index (κ3) is 4.54. The molecule has 2 aliphatic heterocycles. The number of pyridine rings is 1. The molecule has 0 bridgehead atoms. The molecule has 0 spiro atoms. The molecule has 40 heavy (non-hydrogen) atoms. The second-order valence-electron chi connectivity index (χ2n) is 10.6. The number of nitrogens with zero attached hydrogens (tertiary/aromatic N) is 5. The quantitative estimate of drug-likeness (QED) is 0.215. The van der Waals surface area contributed by atoms with Gasteiger partial charge < -0.3 is 15.1 Å². The van der Waals surface area contributed by atoms with Crippen LogP contribution in [0.4, 0.5) is 11.4 Å². The van der Waals surface area contributed by atoms with Gasteiger partial charge in [0, 0.05) is 31.2 Å². The summed E-state index contributed by atoms with van der Waals surface area (Å²) in [5.41, 5.74) is 5.05. The van der Waals surface area contributed by atoms with Crippen LogP contribution in [0.5, 0.6) is 0 Å². The van der Waals surface area contributed by atoms with Crippen molar-refractivity contribution in [1.29, 1.82) is 0 Å². The van der Waals surface area contributed by atoms with E-state index in [0.717, 1.165) is 62.1 Å². The van der Waals surface area contributed by atoms with E-state index in [1.54, 1.807) is 11.3 Å². The Kier molecular flexibility index (Phi) is 6.70. The van der Waals surface area contributed by atoms with Crippen molar-refractivity contribution in [3.05, 3.63) is 102 Å². The number of benzene rings is 2. The summed E-state index contributed by atoms with van der Waals surface area (Å²) in [6.07, 6.45) is 6.29. The summed E-state index contributed by atoms with van der Waals surface area (Å²) in [4.78, 5) is 14.3. The van der Waals surface area contributed by atoms with Crippen molar-refractivity contribution in [3.8, 4) is 5.13 Å². The SMILES string of the molecule is CC1CCN(c2ccc(N3C(=S)N[C@@H](c4ccccn4)[C@H]3c3cccn3-c3nc4ccccc4s3)cc2Cl)CC1. The van der Waals surface area contributed by atoms with Crippen molar-refractivity contribution in [3.63, 3.8) is 0 Å². The zero-order valence-corrected chi connectivity index (χ0v) is 24.5. The van der Waals surface area contributed by atoms with Crippen LogP contribution in [0.25, 0.3) is 15.3 Å². The Morgan fingerprint density at radius 1 is 1.00 bits per heavy atom. The first kappa shape index (κ1) is 25.5. The summed E-state index contributed by atoms with van der Waals surface area (Å²) in [5, 5.41) is 5.89. The maximum Gasteiger partial charge on any atom is 0.194 e. The largest absolute Gasteiger partial charge is 0.370 e. The number of hydrogen-bond donors (Lipinski definition) is 1. The first-order chi connectivity index (χ1) is 19.6. The van der Waals surface area contributed by atoms with Crippen molar-refractivity contribution in [1.82, 2.24) is 19.9 Å². The maximum absolute atomic E-state index is 6.97. The molecule has 0 radical (unpaired) electrons. The summed E-state index contributed by atoms with van der Waals surface area (Å²) in [6, 6.07) is 24.5. The van der Waals surface area contributed by atoms with Crippen LogP contribution in [0.3, 0.4) is 0 Å². The zero-order chi connectivity index (χ0) is 27.2. The Morgan fingerprint density at radius 2 is 1.82 bits per heavy atom. The Morgan fingerprint density at radius 3 is 2.60 bits per heavy atom. The Bertz CT molecular complexity index is 1640. The minimum atomic E-state index is -0.165. The summed E-state index contributed by atoms with van der Waals surface area (Å²) >= 11 is 14.6. The van der Waals surface area contributed by atoms with Crippen molar-refractivity contribution in [2.75, 3.05) is 22.9 Å². The second-order valence-corrected chi connectivity index (χ2v) is 12.4. The van der Waals surface area contributed by atoms with Gasteiger partial charge in [0.1, 0.15) is 6.04 Å². The number of thiocarbonyl (C=S) groups is 1. The van der Waals surface area contributed by atoms with E-state index in [-0.39, 0.29) is 12.1 Å². The first-order valence-electron chi connectivity index (χ1n) is 13.6. The van der Waals surface area contributed by atoms with Gasteiger partial charge in [-0.1, -0.05) is 48.1 Å². The molecule has 2 fully saturated rings. The number of para-hydroxylation sites is 1. The van der Waals surface area contributed by atoms with Gasteiger partial charge in [-0.3, -0.25) is 9.55 Å². The van der Waals surface area contributed by atoms with Gasteiger partial charge in [-0.15, -0.1) is 0 Å². The fourth-order valence-corrected chi connectivity index (χ4v) is 7.47. The molecule has 2 saturated heterocycles. The molecule has 0 unspecified atom stereocenters. The van der Waals surface area contributed by atoms with E-state index in [1.165, 1.54) is 12.8 Å². The number of halogens is 1. The summed E-state index contributed by atoms with van der Waals surface area (Å²) in [5.74, 6) is 0.762. The van der Waals surface area contributed by atoms with Gasteiger partial charge in [-0.2, -0.15) is 0 Å². The van der Waals surface area contributed by atoms with Crippen LogP contribution in [-0.2, 0) is 0 Å². The van der Waals surface area contributed by atoms with E-state index in [4.69, 9.17) is 33.8 Å². The number of fused-ring (bicyclic) bond motifs is 1. The number of anilines is 2. The summed E-state index contributed by atoms with van der Waals surface area (Å²) in [7, 11) is 0. The van der Waals surface area contributed by atoms with Crippen LogP contribution in [-0.4, -0.2) is 32.7 Å². The van der Waals surface area contributed by atoms with Crippen molar-refractivity contribution < 1.29 is 0 Å². The minimum Gasteiger partial charge on any atom is -0.370 e. The number of aromatic nitrogens is 3. The van der Waals surface area contributed by atoms with Crippen LogP contribution >= 0.6 is 35.2 Å². The van der Waals surface area contributed by atoms with E-state index in [0.29, 0.717) is 5.11 Å². The number of thiazole rings is 1. The summed E-state index contributed by atoms with van der Waals surface area (Å²) in [6.45, 7) is 4.39. The van der Waals surface area contributed by atoms with E-state index < -0.39 is 0 Å². The lowest BCUT2D eigenvalue weighted by atomic mass is 9.98. The van der Waals surface area contributed by atoms with Gasteiger partial charge in [0.25, 0.3) is 0 Å². The minimum absolute atomic E-state index is 0.154. The van der Waals surface area contributed by atoms with Gasteiger partial charge in [0.05, 0.1) is 38.4 Å². The Labute approximate surface area is 248 Å². The fraction of sp³-hybridized carbons (Fsp3) is 0.258. The molecular formula is C31H29ClN6S2. The topological polar surface area (TPSA) is 49.2 Å². The van der Waals surface area contributed by atoms with E-state index in [9.17, 15) is 0 Å². The van der Waals surface area contributed by atoms with Crippen LogP contribution < -0.4 is 15.1 Å². The van der Waals surface area contributed by atoms with Crippen molar-refractivity contribution in [2.45, 2.75) is 31.8 Å². The third-order valence-electron chi connectivity index (χ3n) is 8.00. The fourth-order valence-electron chi connectivity index (χ4n) is 5.86. The average molecular weight is 585 g/mol. The summed E-state index contributed by atoms with van der Waals surface area (Å²) < 4.78 is 3.34. The molecule has 0 aliphatic carbocycles. The van der Waals surface area contributed by atoms with Gasteiger partial charge in [-0.25, -0.2) is 4.98 Å². The predicted molar refractivity (Wildman–Crippen MR) is 169 cm³/mol. The Hall–Kier alpha value is -3.46. The lowest BCUT2D eigenvalue weighted by Crippen LogP contribution is -2.33. The molecule has 7 rings (SSSR count). The second kappa shape index (κ2) is 10.5. The lowest BCUT2D eigenvalue weighted by molar-refractivity contribution is 0.438. The molecule has 0 amide bonds. The highest BCUT2D eigenvalue weighted by Gasteiger charge is 2.42. The van der Waals surface area contributed by atoms with Gasteiger partial charge >= 0.3 is 0 Å². The first-order valence-corrected chi connectivity index (χ1v) is 15.3. The van der Waals surface area contributed by atoms with Crippen molar-refractivity contribution >= 4 is 61.9 Å². The molecule has 3 aromatic heterocycles. The predicted octanol–water partition coefficient (Wildman–Crippen LogP) is 7.55. The number of nitrogens with one attached hydrogen (secondary N) is 1. The Balaban J connectivity index is 1.31. The van der Waals surface area contributed by atoms with Crippen LogP contribution in [0.15, 0.2) is 85.2 Å². The molecule has 2 aliphatic rings. The monoisotopic (exact) mass is 584 g/mol. The lowest BCUT2D eigenvalue weighted by Gasteiger charge is -2.33. The molecule has 9 heteroatoms. The highest BCUT2D eigenvalue weighted by molar-refractivity contribution is 7.80. The van der Waals surface area contributed by atoms with Crippen molar-refractivity contribution in [2.24, 2.45) is 5.92 Å². The zero-order valence-electron chi connectivity index (χ0n) is 22.1. The number of rotatable bonds is 5. The van der Waals surface area contributed by atoms with E-state index in [1.807, 2.05) is 24.4 Å². The molecule has 1 N–H and O–H groups in total. The number of hydrogen-bond acceptors (Lipinski definition) is 5. The molecule has 2 aromatic carbocycles. The van der Waals surface area contributed by atoms with Crippen LogP contribution in [0.2, 0.25) is 5.02 Å². The molecular weight excluding hydrogens is 556 g/mol. The van der Waals surface area contributed by atoms with Gasteiger partial charge in [0.15, 0.2) is 10.2 Å². The van der Waals surface area contributed by atoms with Crippen LogP contribution in [0.1, 0.15) is 43.2 Å². The highest BCUT2D eigenvalue weighted by Crippen LogP contribution is 2.44. The highest BCUT2D eigenvalue weighted by atomic mass is 35.5. The van der Waals surface area contributed by atoms with Gasteiger partial charge in [-0.05, 0) is 85.6 Å². The molecule has 5 heterocycles. The van der Waals surface area contributed by atoms with E-state index in [2.05, 4.69) is 87.4 Å². The van der Waals surface area contributed by atoms with Gasteiger partial charge in [0.2, 0.25) is 0 Å².